The second-order valence-corrected chi connectivity index (χ2v) is 8.73. The topological polar surface area (TPSA) is 50.2 Å². The van der Waals surface area contributed by atoms with Crippen LogP contribution in [0.25, 0.3) is 22.7 Å². The summed E-state index contributed by atoms with van der Waals surface area (Å²) in [4.78, 5) is 16.8. The standard InChI is InChI=1S/C25H24FNO2S/c26-20-14-15-21(25-27-22-5-1-2-6-23(22)30-25)19(16-20)13-12-18-10-8-17(9-11-18)4-3-7-24(28)29/h8-16H,1-7H2,(H,28,29). The van der Waals surface area contributed by atoms with Crippen LogP contribution in [0.4, 0.5) is 4.39 Å². The first-order chi connectivity index (χ1) is 14.6. The van der Waals surface area contributed by atoms with E-state index in [1.165, 1.54) is 29.5 Å². The van der Waals surface area contributed by atoms with Crippen molar-refractivity contribution in [1.29, 1.82) is 0 Å². The largest absolute Gasteiger partial charge is 0.481 e. The number of carbonyl (C=O) groups is 1. The number of carboxylic acids is 1. The first kappa shape index (κ1) is 20.5. The normalized spacial score (nSPS) is 13.5. The average molecular weight is 422 g/mol. The molecule has 1 aliphatic rings. The molecule has 0 saturated carbocycles. The third kappa shape index (κ3) is 5.03. The Labute approximate surface area is 179 Å². The Kier molecular flexibility index (Phi) is 6.38. The summed E-state index contributed by atoms with van der Waals surface area (Å²) in [5.41, 5.74) is 5.14. The lowest BCUT2D eigenvalue weighted by molar-refractivity contribution is -0.137. The highest BCUT2D eigenvalue weighted by Crippen LogP contribution is 2.35. The van der Waals surface area contributed by atoms with Crippen molar-refractivity contribution >= 4 is 29.5 Å². The number of carboxylic acid groups (broad SMARTS) is 1. The number of benzene rings is 2. The first-order valence-electron chi connectivity index (χ1n) is 10.4. The van der Waals surface area contributed by atoms with E-state index in [4.69, 9.17) is 10.1 Å². The minimum absolute atomic E-state index is 0.185. The van der Waals surface area contributed by atoms with Crippen molar-refractivity contribution in [3.05, 3.63) is 75.5 Å². The maximum absolute atomic E-state index is 14.0. The van der Waals surface area contributed by atoms with Gasteiger partial charge in [0.05, 0.1) is 5.69 Å². The summed E-state index contributed by atoms with van der Waals surface area (Å²) in [5, 5.41) is 9.71. The Morgan fingerprint density at radius 3 is 2.67 bits per heavy atom. The van der Waals surface area contributed by atoms with Crippen LogP contribution in [0.5, 0.6) is 0 Å². The molecule has 0 fully saturated rings. The fourth-order valence-electron chi connectivity index (χ4n) is 3.76. The number of rotatable bonds is 7. The van der Waals surface area contributed by atoms with E-state index < -0.39 is 5.97 Å². The first-order valence-corrected chi connectivity index (χ1v) is 11.2. The zero-order valence-corrected chi connectivity index (χ0v) is 17.6. The highest BCUT2D eigenvalue weighted by Gasteiger charge is 2.17. The molecule has 0 saturated heterocycles. The lowest BCUT2D eigenvalue weighted by atomic mass is 10.0. The molecule has 0 amide bonds. The van der Waals surface area contributed by atoms with Gasteiger partial charge in [-0.15, -0.1) is 11.3 Å². The molecule has 2 aromatic carbocycles. The molecular formula is C25H24FNO2S. The Morgan fingerprint density at radius 1 is 1.10 bits per heavy atom. The van der Waals surface area contributed by atoms with Crippen molar-refractivity contribution in [3.8, 4) is 10.6 Å². The van der Waals surface area contributed by atoms with Crippen LogP contribution in [0.15, 0.2) is 42.5 Å². The fourth-order valence-corrected chi connectivity index (χ4v) is 4.96. The van der Waals surface area contributed by atoms with Gasteiger partial charge in [-0.2, -0.15) is 0 Å². The summed E-state index contributed by atoms with van der Waals surface area (Å²) >= 11 is 1.73. The molecule has 5 heteroatoms. The molecule has 0 bridgehead atoms. The van der Waals surface area contributed by atoms with Gasteiger partial charge >= 0.3 is 5.97 Å². The molecule has 0 radical (unpaired) electrons. The van der Waals surface area contributed by atoms with Crippen molar-refractivity contribution in [3.63, 3.8) is 0 Å². The van der Waals surface area contributed by atoms with E-state index in [9.17, 15) is 9.18 Å². The zero-order chi connectivity index (χ0) is 20.9. The summed E-state index contributed by atoms with van der Waals surface area (Å²) in [6, 6.07) is 12.9. The van der Waals surface area contributed by atoms with Gasteiger partial charge in [-0.05, 0) is 73.4 Å². The maximum Gasteiger partial charge on any atom is 0.303 e. The van der Waals surface area contributed by atoms with Crippen LogP contribution in [0.3, 0.4) is 0 Å². The zero-order valence-electron chi connectivity index (χ0n) is 16.7. The van der Waals surface area contributed by atoms with Gasteiger partial charge < -0.3 is 5.11 Å². The van der Waals surface area contributed by atoms with Crippen LogP contribution in [-0.2, 0) is 24.1 Å². The van der Waals surface area contributed by atoms with Crippen LogP contribution < -0.4 is 0 Å². The number of fused-ring (bicyclic) bond motifs is 1. The van der Waals surface area contributed by atoms with Crippen molar-refractivity contribution < 1.29 is 14.3 Å². The Balaban J connectivity index is 1.53. The second kappa shape index (κ2) is 9.35. The molecule has 30 heavy (non-hydrogen) atoms. The van der Waals surface area contributed by atoms with E-state index in [1.807, 2.05) is 42.5 Å². The number of aryl methyl sites for hydroxylation is 3. The van der Waals surface area contributed by atoms with Gasteiger partial charge in [0.15, 0.2) is 0 Å². The van der Waals surface area contributed by atoms with Crippen molar-refractivity contribution in [2.24, 2.45) is 0 Å². The molecule has 3 aromatic rings. The van der Waals surface area contributed by atoms with E-state index >= 15 is 0 Å². The number of aliphatic carboxylic acids is 1. The van der Waals surface area contributed by atoms with Crippen molar-refractivity contribution in [1.82, 2.24) is 4.98 Å². The quantitative estimate of drug-likeness (QED) is 0.449. The highest BCUT2D eigenvalue weighted by atomic mass is 32.1. The van der Waals surface area contributed by atoms with Crippen LogP contribution in [0.2, 0.25) is 0 Å². The molecule has 3 nitrogen and oxygen atoms in total. The minimum Gasteiger partial charge on any atom is -0.481 e. The molecule has 0 aliphatic heterocycles. The maximum atomic E-state index is 14.0. The van der Waals surface area contributed by atoms with E-state index in [-0.39, 0.29) is 12.2 Å². The van der Waals surface area contributed by atoms with E-state index in [1.54, 1.807) is 17.4 Å². The third-order valence-corrected chi connectivity index (χ3v) is 6.57. The van der Waals surface area contributed by atoms with Crippen LogP contribution in [0, 0.1) is 5.82 Å². The summed E-state index contributed by atoms with van der Waals surface area (Å²) in [6.45, 7) is 0. The smallest absolute Gasteiger partial charge is 0.303 e. The number of nitrogens with zero attached hydrogens (tertiary/aromatic N) is 1. The molecular weight excluding hydrogens is 397 g/mol. The van der Waals surface area contributed by atoms with Gasteiger partial charge in [-0.3, -0.25) is 4.79 Å². The summed E-state index contributed by atoms with van der Waals surface area (Å²) in [5.74, 6) is -1.02. The lowest BCUT2D eigenvalue weighted by Crippen LogP contribution is -1.98. The molecule has 1 aromatic heterocycles. The number of halogens is 1. The van der Waals surface area contributed by atoms with Gasteiger partial charge in [-0.25, -0.2) is 9.37 Å². The number of aromatic nitrogens is 1. The van der Waals surface area contributed by atoms with Crippen LogP contribution in [-0.4, -0.2) is 16.1 Å². The third-order valence-electron chi connectivity index (χ3n) is 5.38. The molecule has 0 atom stereocenters. The van der Waals surface area contributed by atoms with E-state index in [0.717, 1.165) is 46.5 Å². The van der Waals surface area contributed by atoms with Gasteiger partial charge in [0.2, 0.25) is 0 Å². The Hall–Kier alpha value is -2.79. The van der Waals surface area contributed by atoms with E-state index in [0.29, 0.717) is 6.42 Å². The molecule has 1 aliphatic carbocycles. The SMILES string of the molecule is O=C(O)CCCc1ccc(C=Cc2cc(F)ccc2-c2nc3c(s2)CCCC3)cc1. The van der Waals surface area contributed by atoms with E-state index in [2.05, 4.69) is 0 Å². The molecule has 0 unspecified atom stereocenters. The van der Waals surface area contributed by atoms with Gasteiger partial charge in [0.25, 0.3) is 0 Å². The molecule has 4 rings (SSSR count). The second-order valence-electron chi connectivity index (χ2n) is 7.65. The van der Waals surface area contributed by atoms with Crippen molar-refractivity contribution in [2.45, 2.75) is 44.9 Å². The lowest BCUT2D eigenvalue weighted by Gasteiger charge is -2.06. The number of thiazole rings is 1. The highest BCUT2D eigenvalue weighted by molar-refractivity contribution is 7.15. The molecule has 1 N–H and O–H groups in total. The predicted molar refractivity (Wildman–Crippen MR) is 120 cm³/mol. The molecule has 0 spiro atoms. The number of hydrogen-bond donors (Lipinski definition) is 1. The van der Waals surface area contributed by atoms with Crippen LogP contribution in [0.1, 0.15) is 52.9 Å². The molecule has 1 heterocycles. The molecule has 154 valence electrons. The van der Waals surface area contributed by atoms with Gasteiger partial charge in [0, 0.05) is 16.9 Å². The van der Waals surface area contributed by atoms with Crippen LogP contribution >= 0.6 is 11.3 Å². The number of hydrogen-bond acceptors (Lipinski definition) is 3. The van der Waals surface area contributed by atoms with Crippen molar-refractivity contribution in [2.75, 3.05) is 0 Å². The minimum atomic E-state index is -0.762. The fraction of sp³-hybridized carbons (Fsp3) is 0.280. The Morgan fingerprint density at radius 2 is 1.90 bits per heavy atom. The average Bonchev–Trinajstić information content (AvgIpc) is 3.17. The van der Waals surface area contributed by atoms with Gasteiger partial charge in [0.1, 0.15) is 10.8 Å². The summed E-state index contributed by atoms with van der Waals surface area (Å²) in [6.07, 6.45) is 10.0. The monoisotopic (exact) mass is 421 g/mol. The van der Waals surface area contributed by atoms with Gasteiger partial charge in [-0.1, -0.05) is 36.4 Å². The predicted octanol–water partition coefficient (Wildman–Crippen LogP) is 6.41. The summed E-state index contributed by atoms with van der Waals surface area (Å²) < 4.78 is 14.0. The Bertz CT molecular complexity index is 1050. The summed E-state index contributed by atoms with van der Waals surface area (Å²) in [7, 11) is 0.